The van der Waals surface area contributed by atoms with E-state index in [0.29, 0.717) is 11.4 Å². The number of ether oxygens (including phenoxy) is 1. The fourth-order valence-electron chi connectivity index (χ4n) is 2.00. The predicted molar refractivity (Wildman–Crippen MR) is 88.5 cm³/mol. The minimum atomic E-state index is -0.645. The predicted octanol–water partition coefficient (Wildman–Crippen LogP) is 5.15. The van der Waals surface area contributed by atoms with Crippen molar-refractivity contribution in [2.24, 2.45) is 0 Å². The number of benzene rings is 2. The summed E-state index contributed by atoms with van der Waals surface area (Å²) in [6.45, 7) is 0. The van der Waals surface area contributed by atoms with Crippen LogP contribution in [0.15, 0.2) is 45.3 Å². The molecule has 1 atom stereocenters. The molecule has 20 heavy (non-hydrogen) atoms. The fraction of sp³-hybridized carbons (Fsp3) is 0.200. The third-order valence-electron chi connectivity index (χ3n) is 2.93. The first-order valence-corrected chi connectivity index (χ1v) is 7.92. The van der Waals surface area contributed by atoms with Crippen LogP contribution in [0, 0.1) is 0 Å². The van der Waals surface area contributed by atoms with E-state index in [-0.39, 0.29) is 0 Å². The molecule has 0 bridgehead atoms. The van der Waals surface area contributed by atoms with E-state index in [0.717, 1.165) is 25.8 Å². The van der Waals surface area contributed by atoms with Crippen LogP contribution in [0.25, 0.3) is 0 Å². The van der Waals surface area contributed by atoms with Gasteiger partial charge in [-0.15, -0.1) is 0 Å². The maximum atomic E-state index is 10.4. The highest BCUT2D eigenvalue weighted by Crippen LogP contribution is 2.30. The number of hydrogen-bond acceptors (Lipinski definition) is 2. The first kappa shape index (κ1) is 15.8. The summed E-state index contributed by atoms with van der Waals surface area (Å²) in [5.41, 5.74) is 1.71. The monoisotopic (exact) mass is 418 g/mol. The zero-order valence-electron chi connectivity index (χ0n) is 10.7. The Balaban J connectivity index is 2.27. The maximum Gasteiger partial charge on any atom is 0.122 e. The average molecular weight is 421 g/mol. The highest BCUT2D eigenvalue weighted by molar-refractivity contribution is 9.10. The molecule has 106 valence electrons. The number of aliphatic hydroxyl groups is 1. The van der Waals surface area contributed by atoms with Gasteiger partial charge in [0.25, 0.3) is 0 Å². The van der Waals surface area contributed by atoms with Gasteiger partial charge in [0.1, 0.15) is 5.75 Å². The second-order valence-corrected chi connectivity index (χ2v) is 6.65. The van der Waals surface area contributed by atoms with Crippen molar-refractivity contribution in [1.82, 2.24) is 0 Å². The van der Waals surface area contributed by atoms with Gasteiger partial charge >= 0.3 is 0 Å². The summed E-state index contributed by atoms with van der Waals surface area (Å²) >= 11 is 12.8. The fourth-order valence-corrected chi connectivity index (χ4v) is 3.30. The van der Waals surface area contributed by atoms with Crippen LogP contribution in [0.4, 0.5) is 0 Å². The number of methoxy groups -OCH3 is 1. The van der Waals surface area contributed by atoms with Crippen molar-refractivity contribution >= 4 is 43.5 Å². The lowest BCUT2D eigenvalue weighted by Crippen LogP contribution is -2.03. The Morgan fingerprint density at radius 1 is 1.15 bits per heavy atom. The summed E-state index contributed by atoms with van der Waals surface area (Å²) in [5.74, 6) is 0.758. The molecule has 0 fully saturated rings. The molecular formula is C15H13Br2ClO2. The van der Waals surface area contributed by atoms with E-state index in [1.54, 1.807) is 19.2 Å². The van der Waals surface area contributed by atoms with Gasteiger partial charge in [-0.25, -0.2) is 0 Å². The van der Waals surface area contributed by atoms with E-state index < -0.39 is 6.10 Å². The topological polar surface area (TPSA) is 29.5 Å². The quantitative estimate of drug-likeness (QED) is 0.741. The number of halogens is 3. The SMILES string of the molecule is COc1ccc(Br)cc1CC(O)c1cc(Cl)cc(Br)c1. The van der Waals surface area contributed by atoms with Gasteiger partial charge in [-0.2, -0.15) is 0 Å². The lowest BCUT2D eigenvalue weighted by Gasteiger charge is -2.15. The number of rotatable bonds is 4. The second-order valence-electron chi connectivity index (χ2n) is 4.38. The minimum Gasteiger partial charge on any atom is -0.496 e. The van der Waals surface area contributed by atoms with Crippen LogP contribution in [0.2, 0.25) is 5.02 Å². The molecule has 0 saturated carbocycles. The summed E-state index contributed by atoms with van der Waals surface area (Å²) in [6.07, 6.45) is -0.191. The molecule has 0 aliphatic carbocycles. The van der Waals surface area contributed by atoms with Gasteiger partial charge in [-0.3, -0.25) is 0 Å². The van der Waals surface area contributed by atoms with Crippen LogP contribution in [-0.4, -0.2) is 12.2 Å². The Bertz CT molecular complexity index is 597. The molecule has 1 N–H and O–H groups in total. The smallest absolute Gasteiger partial charge is 0.122 e. The molecule has 2 rings (SSSR count). The lowest BCUT2D eigenvalue weighted by atomic mass is 10.0. The Kier molecular flexibility index (Phi) is 5.49. The van der Waals surface area contributed by atoms with Gasteiger partial charge in [-0.05, 0) is 47.5 Å². The summed E-state index contributed by atoms with van der Waals surface area (Å²) in [7, 11) is 1.62. The Labute approximate surface area is 140 Å². The maximum absolute atomic E-state index is 10.4. The molecular weight excluding hydrogens is 407 g/mol. The van der Waals surface area contributed by atoms with Gasteiger partial charge < -0.3 is 9.84 Å². The first-order valence-electron chi connectivity index (χ1n) is 5.96. The Morgan fingerprint density at radius 2 is 1.90 bits per heavy atom. The molecule has 0 heterocycles. The average Bonchev–Trinajstić information content (AvgIpc) is 2.37. The largest absolute Gasteiger partial charge is 0.496 e. The molecule has 0 amide bonds. The Morgan fingerprint density at radius 3 is 2.55 bits per heavy atom. The van der Waals surface area contributed by atoms with Crippen molar-refractivity contribution in [3.63, 3.8) is 0 Å². The van der Waals surface area contributed by atoms with Crippen molar-refractivity contribution < 1.29 is 9.84 Å². The van der Waals surface area contributed by atoms with Crippen molar-refractivity contribution in [2.45, 2.75) is 12.5 Å². The third-order valence-corrected chi connectivity index (χ3v) is 4.09. The highest BCUT2D eigenvalue weighted by Gasteiger charge is 2.13. The molecule has 0 radical (unpaired) electrons. The molecule has 0 saturated heterocycles. The number of aliphatic hydroxyl groups excluding tert-OH is 1. The summed E-state index contributed by atoms with van der Waals surface area (Å²) < 4.78 is 7.12. The number of hydrogen-bond donors (Lipinski definition) is 1. The van der Waals surface area contributed by atoms with E-state index in [1.807, 2.05) is 24.3 Å². The summed E-state index contributed by atoms with van der Waals surface area (Å²) in [5, 5.41) is 11.0. The zero-order valence-corrected chi connectivity index (χ0v) is 14.7. The molecule has 1 unspecified atom stereocenters. The van der Waals surface area contributed by atoms with E-state index in [9.17, 15) is 5.11 Å². The first-order chi connectivity index (χ1) is 9.49. The van der Waals surface area contributed by atoms with Crippen LogP contribution in [-0.2, 0) is 6.42 Å². The van der Waals surface area contributed by atoms with Crippen LogP contribution >= 0.6 is 43.5 Å². The standard InChI is InChI=1S/C15H13Br2ClO2/c1-20-15-3-2-11(16)5-10(15)7-14(19)9-4-12(17)8-13(18)6-9/h2-6,8,14,19H,7H2,1H3. The van der Waals surface area contributed by atoms with Crippen LogP contribution in [0.1, 0.15) is 17.2 Å². The highest BCUT2D eigenvalue weighted by atomic mass is 79.9. The van der Waals surface area contributed by atoms with Crippen molar-refractivity contribution in [1.29, 1.82) is 0 Å². The molecule has 0 aliphatic rings. The molecule has 2 nitrogen and oxygen atoms in total. The van der Waals surface area contributed by atoms with Crippen LogP contribution in [0.5, 0.6) is 5.75 Å². The van der Waals surface area contributed by atoms with Crippen molar-refractivity contribution in [3.05, 3.63) is 61.5 Å². The molecule has 0 aromatic heterocycles. The van der Waals surface area contributed by atoms with Crippen molar-refractivity contribution in [3.8, 4) is 5.75 Å². The Hall–Kier alpha value is -0.550. The molecule has 2 aromatic rings. The normalized spacial score (nSPS) is 12.2. The van der Waals surface area contributed by atoms with Gasteiger partial charge in [0.2, 0.25) is 0 Å². The van der Waals surface area contributed by atoms with Gasteiger partial charge in [0.15, 0.2) is 0 Å². The molecule has 2 aromatic carbocycles. The van der Waals surface area contributed by atoms with E-state index in [1.165, 1.54) is 0 Å². The van der Waals surface area contributed by atoms with Gasteiger partial charge in [0.05, 0.1) is 13.2 Å². The minimum absolute atomic E-state index is 0.454. The van der Waals surface area contributed by atoms with E-state index >= 15 is 0 Å². The third kappa shape index (κ3) is 3.98. The molecule has 5 heteroatoms. The molecule has 0 spiro atoms. The summed E-state index contributed by atoms with van der Waals surface area (Å²) in [6, 6.07) is 11.1. The van der Waals surface area contributed by atoms with Crippen LogP contribution in [0.3, 0.4) is 0 Å². The summed E-state index contributed by atoms with van der Waals surface area (Å²) in [4.78, 5) is 0. The van der Waals surface area contributed by atoms with Gasteiger partial charge in [-0.1, -0.05) is 43.5 Å². The second kappa shape index (κ2) is 6.94. The van der Waals surface area contributed by atoms with Crippen LogP contribution < -0.4 is 4.74 Å². The van der Waals surface area contributed by atoms with E-state index in [2.05, 4.69) is 31.9 Å². The molecule has 0 aliphatic heterocycles. The van der Waals surface area contributed by atoms with Crippen molar-refractivity contribution in [2.75, 3.05) is 7.11 Å². The van der Waals surface area contributed by atoms with Gasteiger partial charge in [0, 0.05) is 20.4 Å². The lowest BCUT2D eigenvalue weighted by molar-refractivity contribution is 0.177. The van der Waals surface area contributed by atoms with E-state index in [4.69, 9.17) is 16.3 Å². The zero-order chi connectivity index (χ0) is 14.7.